The second-order valence-corrected chi connectivity index (χ2v) is 6.95. The number of fused-ring (bicyclic) bond motifs is 1. The number of nitrogens with zero attached hydrogens (tertiary/aromatic N) is 1. The van der Waals surface area contributed by atoms with Gasteiger partial charge in [0, 0.05) is 17.6 Å². The summed E-state index contributed by atoms with van der Waals surface area (Å²) in [5, 5.41) is 0. The minimum atomic E-state index is -0.528. The van der Waals surface area contributed by atoms with Gasteiger partial charge in [-0.2, -0.15) is 0 Å². The summed E-state index contributed by atoms with van der Waals surface area (Å²) in [6, 6.07) is 10.8. The van der Waals surface area contributed by atoms with Gasteiger partial charge in [-0.15, -0.1) is 0 Å². The molecule has 2 aromatic carbocycles. The fourth-order valence-corrected chi connectivity index (χ4v) is 3.47. The maximum atomic E-state index is 12.5. The first-order valence-corrected chi connectivity index (χ1v) is 9.26. The molecule has 1 aliphatic heterocycles. The highest BCUT2D eigenvalue weighted by Crippen LogP contribution is 2.33. The van der Waals surface area contributed by atoms with Crippen molar-refractivity contribution in [3.05, 3.63) is 57.6 Å². The van der Waals surface area contributed by atoms with Crippen LogP contribution in [0.1, 0.15) is 21.5 Å². The Hall–Kier alpha value is -2.54. The molecular formula is C20H20BrNO5. The lowest BCUT2D eigenvalue weighted by atomic mass is 9.99. The molecule has 0 spiro atoms. The third-order valence-corrected chi connectivity index (χ3v) is 5.18. The van der Waals surface area contributed by atoms with Crippen molar-refractivity contribution in [2.24, 2.45) is 0 Å². The van der Waals surface area contributed by atoms with Gasteiger partial charge in [-0.05, 0) is 57.7 Å². The smallest absolute Gasteiger partial charge is 0.339 e. The van der Waals surface area contributed by atoms with Gasteiger partial charge in [0.05, 0.1) is 19.8 Å². The number of halogens is 1. The second-order valence-electron chi connectivity index (χ2n) is 6.10. The summed E-state index contributed by atoms with van der Waals surface area (Å²) in [4.78, 5) is 26.3. The van der Waals surface area contributed by atoms with E-state index in [9.17, 15) is 9.59 Å². The standard InChI is InChI=1S/C20H20BrNO5/c1-25-17-9-13-7-8-22(11-14(13)10-18(17)26-2)19(23)12-27-20(24)15-5-3-4-6-16(15)21/h3-6,9-10H,7-8,11-12H2,1-2H3. The van der Waals surface area contributed by atoms with Gasteiger partial charge in [0.25, 0.3) is 5.91 Å². The topological polar surface area (TPSA) is 65.1 Å². The molecule has 1 heterocycles. The van der Waals surface area contributed by atoms with E-state index in [1.165, 1.54) is 0 Å². The van der Waals surface area contributed by atoms with Gasteiger partial charge in [0.1, 0.15) is 0 Å². The van der Waals surface area contributed by atoms with Crippen LogP contribution in [0.15, 0.2) is 40.9 Å². The van der Waals surface area contributed by atoms with E-state index in [0.29, 0.717) is 41.0 Å². The number of rotatable bonds is 5. The van der Waals surface area contributed by atoms with E-state index in [-0.39, 0.29) is 12.5 Å². The van der Waals surface area contributed by atoms with Gasteiger partial charge in [-0.3, -0.25) is 4.79 Å². The number of carbonyl (C=O) groups excluding carboxylic acids is 2. The van der Waals surface area contributed by atoms with Crippen molar-refractivity contribution < 1.29 is 23.8 Å². The van der Waals surface area contributed by atoms with Crippen molar-refractivity contribution in [1.82, 2.24) is 4.90 Å². The quantitative estimate of drug-likeness (QED) is 0.677. The first-order valence-electron chi connectivity index (χ1n) is 8.46. The Balaban J connectivity index is 1.64. The Morgan fingerprint density at radius 2 is 1.74 bits per heavy atom. The van der Waals surface area contributed by atoms with Crippen LogP contribution in [0.3, 0.4) is 0 Å². The van der Waals surface area contributed by atoms with Crippen molar-refractivity contribution >= 4 is 27.8 Å². The van der Waals surface area contributed by atoms with Crippen LogP contribution < -0.4 is 9.47 Å². The van der Waals surface area contributed by atoms with Crippen molar-refractivity contribution in [1.29, 1.82) is 0 Å². The van der Waals surface area contributed by atoms with E-state index < -0.39 is 5.97 Å². The molecule has 6 nitrogen and oxygen atoms in total. The zero-order valence-electron chi connectivity index (χ0n) is 15.2. The Morgan fingerprint density at radius 1 is 1.07 bits per heavy atom. The average Bonchev–Trinajstić information content (AvgIpc) is 2.70. The predicted octanol–water partition coefficient (Wildman–Crippen LogP) is 3.21. The van der Waals surface area contributed by atoms with Crippen molar-refractivity contribution in [3.8, 4) is 11.5 Å². The lowest BCUT2D eigenvalue weighted by Gasteiger charge is -2.29. The highest BCUT2D eigenvalue weighted by Gasteiger charge is 2.24. The van der Waals surface area contributed by atoms with Crippen LogP contribution in [0.25, 0.3) is 0 Å². The summed E-state index contributed by atoms with van der Waals surface area (Å²) in [5.41, 5.74) is 2.53. The molecule has 27 heavy (non-hydrogen) atoms. The largest absolute Gasteiger partial charge is 0.493 e. The van der Waals surface area contributed by atoms with Crippen LogP contribution in [0.2, 0.25) is 0 Å². The van der Waals surface area contributed by atoms with E-state index in [4.69, 9.17) is 14.2 Å². The van der Waals surface area contributed by atoms with Crippen LogP contribution in [-0.2, 0) is 22.5 Å². The zero-order chi connectivity index (χ0) is 19.4. The van der Waals surface area contributed by atoms with E-state index in [2.05, 4.69) is 15.9 Å². The molecule has 0 aliphatic carbocycles. The maximum Gasteiger partial charge on any atom is 0.339 e. The van der Waals surface area contributed by atoms with Crippen LogP contribution in [0, 0.1) is 0 Å². The molecule has 0 atom stereocenters. The highest BCUT2D eigenvalue weighted by atomic mass is 79.9. The van der Waals surface area contributed by atoms with Crippen molar-refractivity contribution in [2.45, 2.75) is 13.0 Å². The Bertz CT molecular complexity index is 867. The van der Waals surface area contributed by atoms with Gasteiger partial charge >= 0.3 is 5.97 Å². The summed E-state index contributed by atoms with van der Waals surface area (Å²) in [6.07, 6.45) is 0.708. The van der Waals surface area contributed by atoms with Crippen LogP contribution in [0.5, 0.6) is 11.5 Å². The van der Waals surface area contributed by atoms with E-state index in [0.717, 1.165) is 11.1 Å². The van der Waals surface area contributed by atoms with E-state index in [1.54, 1.807) is 43.4 Å². The fourth-order valence-electron chi connectivity index (χ4n) is 3.02. The number of amides is 1. The molecule has 0 aromatic heterocycles. The summed E-state index contributed by atoms with van der Waals surface area (Å²) >= 11 is 3.31. The monoisotopic (exact) mass is 433 g/mol. The normalized spacial score (nSPS) is 12.9. The zero-order valence-corrected chi connectivity index (χ0v) is 16.7. The van der Waals surface area contributed by atoms with Gasteiger partial charge < -0.3 is 19.1 Å². The number of hydrogen-bond donors (Lipinski definition) is 0. The molecular weight excluding hydrogens is 414 g/mol. The minimum absolute atomic E-state index is 0.226. The van der Waals surface area contributed by atoms with Crippen LogP contribution >= 0.6 is 15.9 Å². The lowest BCUT2D eigenvalue weighted by molar-refractivity contribution is -0.135. The Kier molecular flexibility index (Phi) is 6.01. The number of carbonyl (C=O) groups is 2. The molecule has 3 rings (SSSR count). The third-order valence-electron chi connectivity index (χ3n) is 4.49. The maximum absolute atomic E-state index is 12.5. The predicted molar refractivity (Wildman–Crippen MR) is 103 cm³/mol. The van der Waals surface area contributed by atoms with Gasteiger partial charge in [-0.1, -0.05) is 12.1 Å². The lowest BCUT2D eigenvalue weighted by Crippen LogP contribution is -2.38. The minimum Gasteiger partial charge on any atom is -0.493 e. The molecule has 0 unspecified atom stereocenters. The van der Waals surface area contributed by atoms with Crippen molar-refractivity contribution in [3.63, 3.8) is 0 Å². The average molecular weight is 434 g/mol. The first kappa shape index (κ1) is 19.2. The molecule has 0 radical (unpaired) electrons. The molecule has 142 valence electrons. The molecule has 0 saturated heterocycles. The Labute approximate surface area is 166 Å². The van der Waals surface area contributed by atoms with E-state index in [1.807, 2.05) is 12.1 Å². The number of ether oxygens (including phenoxy) is 3. The van der Waals surface area contributed by atoms with Gasteiger partial charge in [-0.25, -0.2) is 4.79 Å². The summed E-state index contributed by atoms with van der Waals surface area (Å²) in [6.45, 7) is 0.720. The first-order chi connectivity index (χ1) is 13.0. The molecule has 1 aliphatic rings. The summed E-state index contributed by atoms with van der Waals surface area (Å²) in [5.74, 6) is 0.555. The molecule has 0 fully saturated rings. The number of esters is 1. The number of benzene rings is 2. The number of hydrogen-bond acceptors (Lipinski definition) is 5. The molecule has 0 N–H and O–H groups in total. The van der Waals surface area contributed by atoms with Gasteiger partial charge in [0.15, 0.2) is 18.1 Å². The van der Waals surface area contributed by atoms with Crippen LogP contribution in [-0.4, -0.2) is 44.1 Å². The molecule has 7 heteroatoms. The number of methoxy groups -OCH3 is 2. The van der Waals surface area contributed by atoms with Crippen molar-refractivity contribution in [2.75, 3.05) is 27.4 Å². The Morgan fingerprint density at radius 3 is 2.41 bits per heavy atom. The SMILES string of the molecule is COc1cc2c(cc1OC)CN(C(=O)COC(=O)c1ccccc1Br)CC2. The van der Waals surface area contributed by atoms with E-state index >= 15 is 0 Å². The summed E-state index contributed by atoms with van der Waals surface area (Å²) < 4.78 is 16.5. The highest BCUT2D eigenvalue weighted by molar-refractivity contribution is 9.10. The fraction of sp³-hybridized carbons (Fsp3) is 0.300. The molecule has 1 amide bonds. The van der Waals surface area contributed by atoms with Gasteiger partial charge in [0.2, 0.25) is 0 Å². The molecule has 0 bridgehead atoms. The van der Waals surface area contributed by atoms with Crippen LogP contribution in [0.4, 0.5) is 0 Å². The summed E-state index contributed by atoms with van der Waals surface area (Å²) in [7, 11) is 3.18. The molecule has 2 aromatic rings. The molecule has 0 saturated carbocycles. The second kappa shape index (κ2) is 8.43. The third kappa shape index (κ3) is 4.24.